The van der Waals surface area contributed by atoms with E-state index in [1.54, 1.807) is 12.1 Å². The van der Waals surface area contributed by atoms with Gasteiger partial charge >= 0.3 is 5.97 Å². The highest BCUT2D eigenvalue weighted by atomic mass is 16.4. The Bertz CT molecular complexity index is 418. The Labute approximate surface area is 108 Å². The molecule has 3 N–H and O–H groups in total. The largest absolute Gasteiger partial charge is 0.478 e. The van der Waals surface area contributed by atoms with Gasteiger partial charge in [-0.1, -0.05) is 20.3 Å². The predicted octanol–water partition coefficient (Wildman–Crippen LogP) is 2.84. The van der Waals surface area contributed by atoms with E-state index in [2.05, 4.69) is 25.7 Å². The number of aromatic carboxylic acids is 1. The minimum Gasteiger partial charge on any atom is -0.478 e. The van der Waals surface area contributed by atoms with Gasteiger partial charge in [-0.3, -0.25) is 0 Å². The van der Waals surface area contributed by atoms with Gasteiger partial charge in [0, 0.05) is 13.1 Å². The average molecular weight is 250 g/mol. The molecule has 0 radical (unpaired) electrons. The molecule has 0 saturated heterocycles. The van der Waals surface area contributed by atoms with Crippen LogP contribution in [0.1, 0.15) is 37.6 Å². The predicted molar refractivity (Wildman–Crippen MR) is 75.2 cm³/mol. The van der Waals surface area contributed by atoms with Crippen LogP contribution in [-0.4, -0.2) is 24.2 Å². The summed E-state index contributed by atoms with van der Waals surface area (Å²) in [6.45, 7) is 8.09. The molecule has 0 amide bonds. The highest BCUT2D eigenvalue weighted by Gasteiger charge is 2.13. The Morgan fingerprint density at radius 1 is 1.44 bits per heavy atom. The normalized spacial score (nSPS) is 12.2. The number of nitrogen functional groups attached to an aromatic ring is 1. The van der Waals surface area contributed by atoms with Gasteiger partial charge in [0.25, 0.3) is 0 Å². The maximum absolute atomic E-state index is 11.0. The first-order valence-corrected chi connectivity index (χ1v) is 6.37. The molecule has 0 aliphatic rings. The maximum Gasteiger partial charge on any atom is 0.335 e. The van der Waals surface area contributed by atoms with Gasteiger partial charge in [0.05, 0.1) is 16.9 Å². The molecular weight excluding hydrogens is 228 g/mol. The molecule has 0 bridgehead atoms. The van der Waals surface area contributed by atoms with E-state index in [-0.39, 0.29) is 5.56 Å². The third-order valence-corrected chi connectivity index (χ3v) is 3.23. The number of benzene rings is 1. The first-order chi connectivity index (χ1) is 8.49. The van der Waals surface area contributed by atoms with Gasteiger partial charge in [-0.2, -0.15) is 0 Å². The van der Waals surface area contributed by atoms with Gasteiger partial charge in [0.1, 0.15) is 0 Å². The molecule has 0 aliphatic carbocycles. The van der Waals surface area contributed by atoms with E-state index in [1.165, 1.54) is 6.07 Å². The van der Waals surface area contributed by atoms with Crippen molar-refractivity contribution in [1.29, 1.82) is 0 Å². The lowest BCUT2D eigenvalue weighted by Crippen LogP contribution is -2.29. The second-order valence-corrected chi connectivity index (χ2v) is 4.63. The van der Waals surface area contributed by atoms with Crippen LogP contribution in [0.2, 0.25) is 0 Å². The van der Waals surface area contributed by atoms with E-state index in [0.717, 1.165) is 25.2 Å². The number of rotatable bonds is 6. The second-order valence-electron chi connectivity index (χ2n) is 4.63. The fourth-order valence-electron chi connectivity index (χ4n) is 1.85. The molecule has 18 heavy (non-hydrogen) atoms. The minimum atomic E-state index is -0.921. The number of anilines is 2. The fourth-order valence-corrected chi connectivity index (χ4v) is 1.85. The third kappa shape index (κ3) is 3.39. The topological polar surface area (TPSA) is 66.6 Å². The fraction of sp³-hybridized carbons (Fsp3) is 0.500. The van der Waals surface area contributed by atoms with Crippen LogP contribution in [-0.2, 0) is 0 Å². The van der Waals surface area contributed by atoms with Gasteiger partial charge in [-0.05, 0) is 31.0 Å². The van der Waals surface area contributed by atoms with E-state index >= 15 is 0 Å². The van der Waals surface area contributed by atoms with Crippen LogP contribution in [0.5, 0.6) is 0 Å². The molecule has 0 aromatic heterocycles. The minimum absolute atomic E-state index is 0.279. The highest BCUT2D eigenvalue weighted by molar-refractivity contribution is 5.90. The molecule has 4 nitrogen and oxygen atoms in total. The number of hydrogen-bond acceptors (Lipinski definition) is 3. The number of carboxylic acid groups (broad SMARTS) is 1. The molecule has 0 aliphatic heterocycles. The lowest BCUT2D eigenvalue weighted by atomic mass is 10.1. The van der Waals surface area contributed by atoms with Gasteiger partial charge in [0.2, 0.25) is 0 Å². The van der Waals surface area contributed by atoms with Crippen molar-refractivity contribution in [3.63, 3.8) is 0 Å². The Kier molecular flexibility index (Phi) is 5.01. The summed E-state index contributed by atoms with van der Waals surface area (Å²) in [6.07, 6.45) is 1.09. The summed E-state index contributed by atoms with van der Waals surface area (Å²) >= 11 is 0. The Morgan fingerprint density at radius 3 is 2.61 bits per heavy atom. The summed E-state index contributed by atoms with van der Waals surface area (Å²) in [5.74, 6) is -0.367. The van der Waals surface area contributed by atoms with Crippen molar-refractivity contribution in [1.82, 2.24) is 0 Å². The lowest BCUT2D eigenvalue weighted by Gasteiger charge is -2.27. The van der Waals surface area contributed by atoms with Gasteiger partial charge in [-0.25, -0.2) is 4.79 Å². The van der Waals surface area contributed by atoms with Crippen molar-refractivity contribution in [2.24, 2.45) is 5.92 Å². The number of carboxylic acids is 1. The van der Waals surface area contributed by atoms with E-state index < -0.39 is 5.97 Å². The van der Waals surface area contributed by atoms with Crippen LogP contribution in [0.3, 0.4) is 0 Å². The smallest absolute Gasteiger partial charge is 0.335 e. The Balaban J connectivity index is 3.04. The number of nitrogens with zero attached hydrogens (tertiary/aromatic N) is 1. The molecule has 100 valence electrons. The van der Waals surface area contributed by atoms with Gasteiger partial charge in [-0.15, -0.1) is 0 Å². The van der Waals surface area contributed by atoms with E-state index in [1.807, 2.05) is 0 Å². The summed E-state index contributed by atoms with van der Waals surface area (Å²) in [7, 11) is 0. The molecule has 1 aromatic rings. The zero-order valence-corrected chi connectivity index (χ0v) is 11.3. The maximum atomic E-state index is 11.0. The standard InChI is InChI=1S/C14H22N2O2/c1-4-10(3)9-16(5-2)13-8-11(14(17)18)6-7-12(13)15/h6-8,10H,4-5,9,15H2,1-3H3,(H,17,18). The molecule has 0 spiro atoms. The van der Waals surface area contributed by atoms with E-state index in [0.29, 0.717) is 11.6 Å². The highest BCUT2D eigenvalue weighted by Crippen LogP contribution is 2.25. The SMILES string of the molecule is CCC(C)CN(CC)c1cc(C(=O)O)ccc1N. The zero-order chi connectivity index (χ0) is 13.7. The average Bonchev–Trinajstić information content (AvgIpc) is 2.36. The third-order valence-electron chi connectivity index (χ3n) is 3.23. The summed E-state index contributed by atoms with van der Waals surface area (Å²) in [6, 6.07) is 4.86. The van der Waals surface area contributed by atoms with Crippen molar-refractivity contribution in [3.05, 3.63) is 23.8 Å². The van der Waals surface area contributed by atoms with Gasteiger partial charge in [0.15, 0.2) is 0 Å². The van der Waals surface area contributed by atoms with E-state index in [4.69, 9.17) is 10.8 Å². The zero-order valence-electron chi connectivity index (χ0n) is 11.3. The van der Waals surface area contributed by atoms with Crippen molar-refractivity contribution >= 4 is 17.3 Å². The Morgan fingerprint density at radius 2 is 2.11 bits per heavy atom. The van der Waals surface area contributed by atoms with Crippen molar-refractivity contribution in [2.75, 3.05) is 23.7 Å². The van der Waals surface area contributed by atoms with Crippen LogP contribution in [0, 0.1) is 5.92 Å². The number of hydrogen-bond donors (Lipinski definition) is 2. The number of nitrogens with two attached hydrogens (primary N) is 1. The summed E-state index contributed by atoms with van der Waals surface area (Å²) < 4.78 is 0. The molecule has 1 rings (SSSR count). The molecule has 1 unspecified atom stereocenters. The second kappa shape index (κ2) is 6.28. The molecule has 1 aromatic carbocycles. The van der Waals surface area contributed by atoms with Crippen molar-refractivity contribution < 1.29 is 9.90 Å². The first-order valence-electron chi connectivity index (χ1n) is 6.37. The van der Waals surface area contributed by atoms with Crippen LogP contribution in [0.15, 0.2) is 18.2 Å². The molecule has 1 atom stereocenters. The van der Waals surface area contributed by atoms with Crippen LogP contribution < -0.4 is 10.6 Å². The van der Waals surface area contributed by atoms with Gasteiger partial charge < -0.3 is 15.7 Å². The Hall–Kier alpha value is -1.71. The molecular formula is C14H22N2O2. The van der Waals surface area contributed by atoms with Crippen molar-refractivity contribution in [2.45, 2.75) is 27.2 Å². The lowest BCUT2D eigenvalue weighted by molar-refractivity contribution is 0.0697. The van der Waals surface area contributed by atoms with Crippen LogP contribution >= 0.6 is 0 Å². The van der Waals surface area contributed by atoms with Crippen LogP contribution in [0.25, 0.3) is 0 Å². The van der Waals surface area contributed by atoms with E-state index in [9.17, 15) is 4.79 Å². The quantitative estimate of drug-likeness (QED) is 0.762. The van der Waals surface area contributed by atoms with Crippen LogP contribution in [0.4, 0.5) is 11.4 Å². The molecule has 0 heterocycles. The monoisotopic (exact) mass is 250 g/mol. The summed E-state index contributed by atoms with van der Waals surface area (Å²) in [5.41, 5.74) is 7.68. The number of carbonyl (C=O) groups is 1. The first kappa shape index (κ1) is 14.4. The summed E-state index contributed by atoms with van der Waals surface area (Å²) in [4.78, 5) is 13.1. The summed E-state index contributed by atoms with van der Waals surface area (Å²) in [5, 5.41) is 9.02. The van der Waals surface area contributed by atoms with Crippen molar-refractivity contribution in [3.8, 4) is 0 Å². The molecule has 0 fully saturated rings. The molecule has 0 saturated carbocycles. The molecule has 4 heteroatoms.